The number of hydrogen-bond donors (Lipinski definition) is 2. The van der Waals surface area contributed by atoms with E-state index in [-0.39, 0.29) is 17.4 Å². The van der Waals surface area contributed by atoms with E-state index < -0.39 is 33.9 Å². The molecule has 0 bridgehead atoms. The number of aromatic nitrogens is 1. The maximum absolute atomic E-state index is 15.9. The molecule has 2 N–H and O–H groups in total. The third-order valence-corrected chi connectivity index (χ3v) is 9.45. The van der Waals surface area contributed by atoms with E-state index in [0.29, 0.717) is 16.1 Å². The molecule has 0 radical (unpaired) electrons. The predicted molar refractivity (Wildman–Crippen MR) is 130 cm³/mol. The van der Waals surface area contributed by atoms with Gasteiger partial charge in [-0.3, -0.25) is 9.59 Å². The Morgan fingerprint density at radius 1 is 1.26 bits per heavy atom. The van der Waals surface area contributed by atoms with Gasteiger partial charge in [-0.25, -0.2) is 9.37 Å². The molecule has 4 aliphatic rings. The largest absolute Gasteiger partial charge is 0.362 e. The number of Topliss-reactive ketones (excluding diaryl/α,β-unsaturated/α-hetero) is 2. The van der Waals surface area contributed by atoms with Crippen molar-refractivity contribution in [2.45, 2.75) is 34.6 Å². The Labute approximate surface area is 204 Å². The van der Waals surface area contributed by atoms with Crippen molar-refractivity contribution in [1.29, 1.82) is 5.26 Å². The van der Waals surface area contributed by atoms with Gasteiger partial charge in [0.2, 0.25) is 11.6 Å². The van der Waals surface area contributed by atoms with E-state index in [4.69, 9.17) is 4.74 Å². The van der Waals surface area contributed by atoms with Crippen LogP contribution in [0.3, 0.4) is 0 Å². The number of nitriles is 1. The van der Waals surface area contributed by atoms with Crippen molar-refractivity contribution in [3.8, 4) is 6.07 Å². The lowest BCUT2D eigenvalue weighted by molar-refractivity contribution is -0.115. The quantitative estimate of drug-likeness (QED) is 0.497. The van der Waals surface area contributed by atoms with E-state index in [9.17, 15) is 14.9 Å². The van der Waals surface area contributed by atoms with Crippen LogP contribution in [-0.4, -0.2) is 60.9 Å². The molecule has 35 heavy (non-hydrogen) atoms. The molecule has 0 amide bonds. The third kappa shape index (κ3) is 3.49. The van der Waals surface area contributed by atoms with Gasteiger partial charge in [-0.1, -0.05) is 10.5 Å². The number of ether oxygens (including phenoxy) is 1. The van der Waals surface area contributed by atoms with E-state index >= 15 is 4.39 Å². The van der Waals surface area contributed by atoms with Gasteiger partial charge in [-0.05, 0) is 37.0 Å². The van der Waals surface area contributed by atoms with Crippen molar-refractivity contribution in [3.05, 3.63) is 41.3 Å². The molecule has 1 saturated carbocycles. The van der Waals surface area contributed by atoms with E-state index in [1.54, 1.807) is 13.3 Å². The second-order valence-electron chi connectivity index (χ2n) is 9.15. The Kier molecular flexibility index (Phi) is 5.44. The first-order valence-electron chi connectivity index (χ1n) is 11.7. The number of nitrogens with one attached hydrogen (secondary N) is 2. The van der Waals surface area contributed by atoms with Gasteiger partial charge >= 0.3 is 0 Å². The third-order valence-electron chi connectivity index (χ3n) is 7.08. The summed E-state index contributed by atoms with van der Waals surface area (Å²) in [4.78, 5) is 33.3. The fraction of sp³-hybridized carbons (Fsp3) is 0.400. The van der Waals surface area contributed by atoms with Crippen LogP contribution in [0.15, 0.2) is 34.2 Å². The Bertz CT molecular complexity index is 1340. The molecule has 1 aromatic heterocycles. The standard InChI is InChI=1S/C25H24FN5O3S/c1-34-25-19(13-2-3-13)20-21-15(22(32)23(33)17(12-27)30-21)11-16(26)24(20)35(25)14-4-5-29-18(10-14)31-8-6-28-7-9-31/h4-5,10-11,13,17,19,28,30H,2-3,6-9H2,1H3. The van der Waals surface area contributed by atoms with Crippen LogP contribution >= 0.6 is 10.5 Å². The van der Waals surface area contributed by atoms with E-state index in [1.165, 1.54) is 0 Å². The van der Waals surface area contributed by atoms with Crippen molar-refractivity contribution in [1.82, 2.24) is 10.3 Å². The van der Waals surface area contributed by atoms with Gasteiger partial charge < -0.3 is 20.3 Å². The molecular weight excluding hydrogens is 469 g/mol. The zero-order valence-electron chi connectivity index (χ0n) is 19.1. The lowest BCUT2D eigenvalue weighted by Crippen LogP contribution is -2.43. The number of halogens is 1. The highest BCUT2D eigenvalue weighted by atomic mass is 32.2. The van der Waals surface area contributed by atoms with Gasteiger partial charge in [-0.15, -0.1) is 0 Å². The summed E-state index contributed by atoms with van der Waals surface area (Å²) in [6.07, 6.45) is 3.69. The molecule has 0 spiro atoms. The molecule has 1 aromatic carbocycles. The summed E-state index contributed by atoms with van der Waals surface area (Å²) in [7, 11) is 0.757. The predicted octanol–water partition coefficient (Wildman–Crippen LogP) is 2.67. The summed E-state index contributed by atoms with van der Waals surface area (Å²) in [6.45, 7) is 3.42. The minimum absolute atomic E-state index is 0.000497. The van der Waals surface area contributed by atoms with Gasteiger partial charge in [0.15, 0.2) is 6.04 Å². The Morgan fingerprint density at radius 3 is 2.71 bits per heavy atom. The summed E-state index contributed by atoms with van der Waals surface area (Å²) < 4.78 is 21.8. The number of rotatable bonds is 3. The highest BCUT2D eigenvalue weighted by Crippen LogP contribution is 2.60. The number of methoxy groups -OCH3 is 1. The molecule has 3 unspecified atom stereocenters. The lowest BCUT2D eigenvalue weighted by Gasteiger charge is -2.28. The lowest BCUT2D eigenvalue weighted by atomic mass is 9.86. The summed E-state index contributed by atoms with van der Waals surface area (Å²) in [5.41, 5.74) is 1.06. The van der Waals surface area contributed by atoms with Crippen molar-refractivity contribution >= 4 is 38.6 Å². The molecule has 8 nitrogen and oxygen atoms in total. The minimum atomic E-state index is -1.28. The molecule has 180 valence electrons. The number of hydrogen-bond acceptors (Lipinski definition) is 8. The topological polar surface area (TPSA) is 107 Å². The van der Waals surface area contributed by atoms with Crippen LogP contribution in [0.2, 0.25) is 0 Å². The van der Waals surface area contributed by atoms with Crippen LogP contribution in [0, 0.1) is 23.1 Å². The van der Waals surface area contributed by atoms with Gasteiger partial charge in [-0.2, -0.15) is 5.26 Å². The average Bonchev–Trinajstić information content (AvgIpc) is 3.67. The first-order chi connectivity index (χ1) is 17.0. The molecule has 2 fully saturated rings. The van der Waals surface area contributed by atoms with E-state index in [2.05, 4.69) is 20.5 Å². The zero-order valence-corrected chi connectivity index (χ0v) is 20.0. The SMILES string of the molecule is COC1=S(c2ccnc(N3CCNCC3)c2)c2c(F)cc3c(c2C1C1CC1)NC(C#N)C(=O)C3=O. The second kappa shape index (κ2) is 8.52. The number of carbonyl (C=O) groups excluding carboxylic acids is 2. The van der Waals surface area contributed by atoms with E-state index in [0.717, 1.165) is 60.9 Å². The molecule has 1 saturated heterocycles. The van der Waals surface area contributed by atoms with Crippen molar-refractivity contribution < 1.29 is 18.7 Å². The van der Waals surface area contributed by atoms with Crippen LogP contribution in [0.4, 0.5) is 15.9 Å². The Hall–Kier alpha value is -3.13. The number of pyridine rings is 1. The molecule has 6 rings (SSSR count). The van der Waals surface area contributed by atoms with Gasteiger partial charge in [0.25, 0.3) is 0 Å². The Balaban J connectivity index is 1.55. The van der Waals surface area contributed by atoms with Crippen LogP contribution in [0.25, 0.3) is 0 Å². The highest BCUT2D eigenvalue weighted by Gasteiger charge is 2.48. The van der Waals surface area contributed by atoms with Crippen molar-refractivity contribution in [2.24, 2.45) is 5.92 Å². The normalized spacial score (nSPS) is 25.7. The number of nitrogens with zero attached hydrogens (tertiary/aromatic N) is 3. The van der Waals surface area contributed by atoms with Gasteiger partial charge in [0, 0.05) is 55.9 Å². The van der Waals surface area contributed by atoms with Crippen LogP contribution in [0.5, 0.6) is 0 Å². The number of ketones is 2. The highest BCUT2D eigenvalue weighted by molar-refractivity contribution is 8.16. The minimum Gasteiger partial charge on any atom is -0.362 e. The Morgan fingerprint density at radius 2 is 2.03 bits per heavy atom. The smallest absolute Gasteiger partial charge is 0.240 e. The number of piperazine rings is 1. The summed E-state index contributed by atoms with van der Waals surface area (Å²) in [5.74, 6) is -1.32. The molecular formula is C25H24FN5O3S. The number of anilines is 2. The van der Waals surface area contributed by atoms with Gasteiger partial charge in [0.1, 0.15) is 11.6 Å². The summed E-state index contributed by atoms with van der Waals surface area (Å²) >= 11 is 0. The maximum Gasteiger partial charge on any atom is 0.240 e. The molecule has 3 aliphatic heterocycles. The van der Waals surface area contributed by atoms with Crippen molar-refractivity contribution in [2.75, 3.05) is 43.5 Å². The summed E-state index contributed by atoms with van der Waals surface area (Å²) in [5, 5.41) is 16.5. The number of carbonyl (C=O) groups is 2. The first-order valence-corrected chi connectivity index (χ1v) is 12.9. The van der Waals surface area contributed by atoms with Gasteiger partial charge in [0.05, 0.1) is 27.3 Å². The zero-order chi connectivity index (χ0) is 24.3. The molecule has 10 heteroatoms. The summed E-state index contributed by atoms with van der Waals surface area (Å²) in [6, 6.07) is 5.64. The monoisotopic (exact) mass is 493 g/mol. The van der Waals surface area contributed by atoms with Crippen LogP contribution in [0.1, 0.15) is 34.7 Å². The van der Waals surface area contributed by atoms with Crippen molar-refractivity contribution in [3.63, 3.8) is 0 Å². The second-order valence-corrected chi connectivity index (χ2v) is 11.0. The molecule has 4 heterocycles. The molecule has 3 atom stereocenters. The van der Waals surface area contributed by atoms with Crippen LogP contribution < -0.4 is 15.5 Å². The average molecular weight is 494 g/mol. The molecule has 1 aliphatic carbocycles. The molecule has 2 aromatic rings. The first kappa shape index (κ1) is 22.3. The van der Waals surface area contributed by atoms with Crippen LogP contribution in [-0.2, 0) is 9.53 Å². The number of fused-ring (bicyclic) bond motifs is 3. The van der Waals surface area contributed by atoms with E-state index in [1.807, 2.05) is 18.2 Å². The number of benzene rings is 1. The fourth-order valence-electron chi connectivity index (χ4n) is 5.30. The maximum atomic E-state index is 15.9. The fourth-order valence-corrected chi connectivity index (χ4v) is 7.82.